The molecule has 17 heavy (non-hydrogen) atoms. The third kappa shape index (κ3) is 4.90. The van der Waals surface area contributed by atoms with Crippen LogP contribution >= 0.6 is 12.2 Å². The van der Waals surface area contributed by atoms with Crippen LogP contribution in [0.1, 0.15) is 33.6 Å². The van der Waals surface area contributed by atoms with E-state index in [0.29, 0.717) is 11.0 Å². The average Bonchev–Trinajstić information content (AvgIpc) is 2.28. The number of nitrogens with zero attached hydrogens (tertiary/aromatic N) is 2. The highest BCUT2D eigenvalue weighted by atomic mass is 32.1. The first kappa shape index (κ1) is 14.9. The number of nitrogens with two attached hydrogens (primary N) is 1. The SMILES string of the molecule is CCC(C(N)=S)N1CCN(CCC(C)C)CC1. The van der Waals surface area contributed by atoms with Gasteiger partial charge in [-0.3, -0.25) is 4.90 Å². The fourth-order valence-corrected chi connectivity index (χ4v) is 2.69. The Morgan fingerprint density at radius 3 is 2.24 bits per heavy atom. The van der Waals surface area contributed by atoms with Crippen molar-refractivity contribution < 1.29 is 0 Å². The molecule has 2 N–H and O–H groups in total. The standard InChI is InChI=1S/C13H27N3S/c1-4-12(13(14)17)16-9-7-15(8-10-16)6-5-11(2)3/h11-12H,4-10H2,1-3H3,(H2,14,17). The Balaban J connectivity index is 2.32. The van der Waals surface area contributed by atoms with Crippen LogP contribution in [-0.2, 0) is 0 Å². The van der Waals surface area contributed by atoms with Gasteiger partial charge in [-0.1, -0.05) is 33.0 Å². The molecule has 0 saturated carbocycles. The molecule has 0 aromatic carbocycles. The van der Waals surface area contributed by atoms with Gasteiger partial charge in [0.05, 0.1) is 11.0 Å². The summed E-state index contributed by atoms with van der Waals surface area (Å²) in [6.45, 7) is 12.5. The van der Waals surface area contributed by atoms with Crippen molar-refractivity contribution in [2.24, 2.45) is 11.7 Å². The average molecular weight is 257 g/mol. The Hall–Kier alpha value is -0.190. The molecule has 0 aromatic heterocycles. The van der Waals surface area contributed by atoms with E-state index in [2.05, 4.69) is 30.6 Å². The van der Waals surface area contributed by atoms with Gasteiger partial charge in [0.25, 0.3) is 0 Å². The molecule has 0 spiro atoms. The van der Waals surface area contributed by atoms with Gasteiger partial charge in [-0.25, -0.2) is 0 Å². The summed E-state index contributed by atoms with van der Waals surface area (Å²) in [5.41, 5.74) is 5.79. The molecule has 4 heteroatoms. The molecule has 3 nitrogen and oxygen atoms in total. The third-order valence-corrected chi connectivity index (χ3v) is 3.86. The number of hydrogen-bond acceptors (Lipinski definition) is 3. The molecule has 1 rings (SSSR count). The van der Waals surface area contributed by atoms with Gasteiger partial charge in [-0.05, 0) is 25.3 Å². The highest BCUT2D eigenvalue weighted by Crippen LogP contribution is 2.11. The Morgan fingerprint density at radius 1 is 1.24 bits per heavy atom. The van der Waals surface area contributed by atoms with Gasteiger partial charge in [-0.15, -0.1) is 0 Å². The molecule has 0 bridgehead atoms. The largest absolute Gasteiger partial charge is 0.392 e. The molecule has 1 aliphatic rings. The van der Waals surface area contributed by atoms with Gasteiger partial charge >= 0.3 is 0 Å². The van der Waals surface area contributed by atoms with E-state index in [9.17, 15) is 0 Å². The van der Waals surface area contributed by atoms with Crippen LogP contribution in [0.5, 0.6) is 0 Å². The first-order chi connectivity index (χ1) is 8.04. The minimum atomic E-state index is 0.303. The van der Waals surface area contributed by atoms with Crippen LogP contribution < -0.4 is 5.73 Å². The van der Waals surface area contributed by atoms with Crippen LogP contribution in [0.4, 0.5) is 0 Å². The van der Waals surface area contributed by atoms with Crippen LogP contribution in [0.3, 0.4) is 0 Å². The first-order valence-electron chi connectivity index (χ1n) is 6.80. The predicted octanol–water partition coefficient (Wildman–Crippen LogP) is 1.71. The minimum absolute atomic E-state index is 0.303. The molecule has 0 aromatic rings. The lowest BCUT2D eigenvalue weighted by Gasteiger charge is -2.38. The molecule has 1 atom stereocenters. The van der Waals surface area contributed by atoms with E-state index in [0.717, 1.165) is 38.5 Å². The Kier molecular flexibility index (Phi) is 6.38. The molecule has 1 saturated heterocycles. The second-order valence-electron chi connectivity index (χ2n) is 5.39. The third-order valence-electron chi connectivity index (χ3n) is 3.59. The van der Waals surface area contributed by atoms with E-state index >= 15 is 0 Å². The van der Waals surface area contributed by atoms with E-state index in [4.69, 9.17) is 18.0 Å². The molecule has 1 fully saturated rings. The molecule has 1 unspecified atom stereocenters. The van der Waals surface area contributed by atoms with Crippen molar-refractivity contribution in [2.75, 3.05) is 32.7 Å². The van der Waals surface area contributed by atoms with Crippen LogP contribution in [0.15, 0.2) is 0 Å². The molecule has 0 aliphatic carbocycles. The maximum atomic E-state index is 5.79. The fourth-order valence-electron chi connectivity index (χ4n) is 2.38. The summed E-state index contributed by atoms with van der Waals surface area (Å²) in [7, 11) is 0. The summed E-state index contributed by atoms with van der Waals surface area (Å²) < 4.78 is 0. The quantitative estimate of drug-likeness (QED) is 0.734. The zero-order valence-electron chi connectivity index (χ0n) is 11.5. The van der Waals surface area contributed by atoms with Crippen molar-refractivity contribution in [1.29, 1.82) is 0 Å². The van der Waals surface area contributed by atoms with E-state index in [1.807, 2.05) is 0 Å². The topological polar surface area (TPSA) is 32.5 Å². The van der Waals surface area contributed by atoms with Crippen LogP contribution in [0.25, 0.3) is 0 Å². The lowest BCUT2D eigenvalue weighted by atomic mass is 10.1. The second-order valence-corrected chi connectivity index (χ2v) is 5.86. The lowest BCUT2D eigenvalue weighted by Crippen LogP contribution is -2.53. The van der Waals surface area contributed by atoms with Gasteiger partial charge in [0.15, 0.2) is 0 Å². The summed E-state index contributed by atoms with van der Waals surface area (Å²) in [5, 5.41) is 0. The van der Waals surface area contributed by atoms with Crippen molar-refractivity contribution in [3.05, 3.63) is 0 Å². The zero-order chi connectivity index (χ0) is 12.8. The highest BCUT2D eigenvalue weighted by Gasteiger charge is 2.23. The number of piperazine rings is 1. The Morgan fingerprint density at radius 2 is 1.82 bits per heavy atom. The normalized spacial score (nSPS) is 20.7. The minimum Gasteiger partial charge on any atom is -0.392 e. The van der Waals surface area contributed by atoms with Gasteiger partial charge in [0, 0.05) is 26.2 Å². The van der Waals surface area contributed by atoms with Crippen molar-refractivity contribution in [1.82, 2.24) is 9.80 Å². The maximum Gasteiger partial charge on any atom is 0.0901 e. The summed E-state index contributed by atoms with van der Waals surface area (Å²) >= 11 is 5.13. The molecule has 1 heterocycles. The van der Waals surface area contributed by atoms with Crippen molar-refractivity contribution >= 4 is 17.2 Å². The Labute approximate surface area is 111 Å². The maximum absolute atomic E-state index is 5.79. The number of rotatable bonds is 6. The monoisotopic (exact) mass is 257 g/mol. The summed E-state index contributed by atoms with van der Waals surface area (Å²) in [4.78, 5) is 5.65. The van der Waals surface area contributed by atoms with E-state index in [1.165, 1.54) is 13.0 Å². The molecular weight excluding hydrogens is 230 g/mol. The highest BCUT2D eigenvalue weighted by molar-refractivity contribution is 7.80. The smallest absolute Gasteiger partial charge is 0.0901 e. The van der Waals surface area contributed by atoms with Gasteiger partial charge in [-0.2, -0.15) is 0 Å². The zero-order valence-corrected chi connectivity index (χ0v) is 12.3. The van der Waals surface area contributed by atoms with E-state index in [1.54, 1.807) is 0 Å². The molecule has 1 aliphatic heterocycles. The van der Waals surface area contributed by atoms with Gasteiger partial charge in [0.2, 0.25) is 0 Å². The summed E-state index contributed by atoms with van der Waals surface area (Å²) in [6, 6.07) is 0.303. The summed E-state index contributed by atoms with van der Waals surface area (Å²) in [5.74, 6) is 0.799. The van der Waals surface area contributed by atoms with Crippen molar-refractivity contribution in [3.8, 4) is 0 Å². The van der Waals surface area contributed by atoms with Crippen molar-refractivity contribution in [3.63, 3.8) is 0 Å². The van der Waals surface area contributed by atoms with E-state index < -0.39 is 0 Å². The molecular formula is C13H27N3S. The number of hydrogen-bond donors (Lipinski definition) is 1. The lowest BCUT2D eigenvalue weighted by molar-refractivity contribution is 0.113. The van der Waals surface area contributed by atoms with E-state index in [-0.39, 0.29) is 0 Å². The first-order valence-corrected chi connectivity index (χ1v) is 7.21. The van der Waals surface area contributed by atoms with Crippen LogP contribution in [0, 0.1) is 5.92 Å². The molecule has 100 valence electrons. The van der Waals surface area contributed by atoms with Gasteiger partial charge < -0.3 is 10.6 Å². The predicted molar refractivity (Wildman–Crippen MR) is 78.3 cm³/mol. The van der Waals surface area contributed by atoms with Crippen LogP contribution in [0.2, 0.25) is 0 Å². The van der Waals surface area contributed by atoms with Crippen molar-refractivity contribution in [2.45, 2.75) is 39.7 Å². The second kappa shape index (κ2) is 7.29. The Bertz CT molecular complexity index is 235. The number of thiocarbonyl (C=S) groups is 1. The fraction of sp³-hybridized carbons (Fsp3) is 0.923. The summed E-state index contributed by atoms with van der Waals surface area (Å²) in [6.07, 6.45) is 2.33. The van der Waals surface area contributed by atoms with Gasteiger partial charge in [0.1, 0.15) is 0 Å². The van der Waals surface area contributed by atoms with Crippen LogP contribution in [-0.4, -0.2) is 53.6 Å². The molecule has 0 radical (unpaired) electrons. The molecule has 0 amide bonds.